The van der Waals surface area contributed by atoms with Gasteiger partial charge in [-0.15, -0.1) is 0 Å². The van der Waals surface area contributed by atoms with Gasteiger partial charge < -0.3 is 11.1 Å². The largest absolute Gasteiger partial charge is 0.354 e. The molecule has 3 N–H and O–H groups in total. The van der Waals surface area contributed by atoms with E-state index in [1.807, 2.05) is 30.3 Å². The lowest BCUT2D eigenvalue weighted by molar-refractivity contribution is 0.628. The highest BCUT2D eigenvalue weighted by molar-refractivity contribution is 5.80. The maximum absolute atomic E-state index is 13.5. The van der Waals surface area contributed by atoms with Gasteiger partial charge in [0.15, 0.2) is 0 Å². The molecule has 32 heavy (non-hydrogen) atoms. The second kappa shape index (κ2) is 9.53. The van der Waals surface area contributed by atoms with E-state index in [9.17, 15) is 9.18 Å². The molecule has 1 atom stereocenters. The van der Waals surface area contributed by atoms with E-state index in [1.165, 1.54) is 16.7 Å². The van der Waals surface area contributed by atoms with E-state index in [2.05, 4.69) is 10.3 Å². The first-order valence-corrected chi connectivity index (χ1v) is 10.3. The Morgan fingerprint density at radius 1 is 1.00 bits per heavy atom. The van der Waals surface area contributed by atoms with Crippen molar-refractivity contribution in [2.24, 2.45) is 12.8 Å². The van der Waals surface area contributed by atoms with E-state index in [0.29, 0.717) is 35.7 Å². The number of nitrogens with zero attached hydrogens (tertiary/aromatic N) is 3. The number of hydrogen-bond acceptors (Lipinski definition) is 5. The molecule has 2 aromatic heterocycles. The fraction of sp³-hybridized carbons (Fsp3) is 0.160. The highest BCUT2D eigenvalue weighted by Crippen LogP contribution is 2.28. The molecule has 0 unspecified atom stereocenters. The van der Waals surface area contributed by atoms with Crippen LogP contribution in [0.15, 0.2) is 83.9 Å². The normalized spacial score (nSPS) is 11.8. The molecule has 7 heteroatoms. The van der Waals surface area contributed by atoms with Crippen molar-refractivity contribution in [3.63, 3.8) is 0 Å². The Bertz CT molecular complexity index is 1240. The molecular weight excluding hydrogens is 405 g/mol. The van der Waals surface area contributed by atoms with Crippen LogP contribution in [0.1, 0.15) is 5.56 Å². The molecule has 0 aliphatic carbocycles. The number of hydrogen-bond donors (Lipinski definition) is 2. The van der Waals surface area contributed by atoms with Crippen LogP contribution in [0.3, 0.4) is 0 Å². The van der Waals surface area contributed by atoms with Crippen molar-refractivity contribution in [3.8, 4) is 22.4 Å². The van der Waals surface area contributed by atoms with E-state index >= 15 is 0 Å². The fourth-order valence-corrected chi connectivity index (χ4v) is 3.57. The summed E-state index contributed by atoms with van der Waals surface area (Å²) in [4.78, 5) is 22.2. The highest BCUT2D eigenvalue weighted by atomic mass is 19.1. The smallest absolute Gasteiger partial charge is 0.263 e. The quantitative estimate of drug-likeness (QED) is 0.469. The van der Waals surface area contributed by atoms with Crippen LogP contribution < -0.4 is 16.6 Å². The zero-order valence-electron chi connectivity index (χ0n) is 17.7. The molecule has 4 rings (SSSR count). The molecule has 162 valence electrons. The number of pyridine rings is 1. The Balaban J connectivity index is 1.69. The molecule has 0 amide bonds. The van der Waals surface area contributed by atoms with Crippen LogP contribution >= 0.6 is 0 Å². The third-order valence-electron chi connectivity index (χ3n) is 5.24. The van der Waals surface area contributed by atoms with Gasteiger partial charge in [0.25, 0.3) is 5.56 Å². The highest BCUT2D eigenvalue weighted by Gasteiger charge is 2.18. The van der Waals surface area contributed by atoms with Crippen LogP contribution in [0.25, 0.3) is 22.4 Å². The minimum atomic E-state index is -0.366. The van der Waals surface area contributed by atoms with Gasteiger partial charge >= 0.3 is 0 Å². The Kier molecular flexibility index (Phi) is 6.37. The van der Waals surface area contributed by atoms with Crippen molar-refractivity contribution in [2.75, 3.05) is 11.9 Å². The summed E-state index contributed by atoms with van der Waals surface area (Å²) in [6.07, 6.45) is 3.99. The predicted molar refractivity (Wildman–Crippen MR) is 125 cm³/mol. The molecule has 0 bridgehead atoms. The first-order valence-electron chi connectivity index (χ1n) is 10.3. The summed E-state index contributed by atoms with van der Waals surface area (Å²) in [5, 5.41) is 3.22. The SMILES string of the molecule is Cn1c(NC[C@H](N)Cc2ccccc2)nc(-c2ccncc2)c(-c2ccc(F)cc2)c1=O. The molecule has 2 aromatic carbocycles. The third-order valence-corrected chi connectivity index (χ3v) is 5.24. The van der Waals surface area contributed by atoms with Crippen molar-refractivity contribution >= 4 is 5.95 Å². The maximum Gasteiger partial charge on any atom is 0.263 e. The molecule has 0 saturated heterocycles. The number of nitrogens with two attached hydrogens (primary N) is 1. The van der Waals surface area contributed by atoms with Crippen LogP contribution in [0, 0.1) is 5.82 Å². The monoisotopic (exact) mass is 429 g/mol. The Morgan fingerprint density at radius 2 is 1.69 bits per heavy atom. The van der Waals surface area contributed by atoms with Crippen molar-refractivity contribution < 1.29 is 4.39 Å². The predicted octanol–water partition coefficient (Wildman–Crippen LogP) is 3.63. The second-order valence-corrected chi connectivity index (χ2v) is 7.60. The molecule has 0 saturated carbocycles. The average molecular weight is 429 g/mol. The number of aromatic nitrogens is 3. The van der Waals surface area contributed by atoms with Crippen LogP contribution in [0.4, 0.5) is 10.3 Å². The summed E-state index contributed by atoms with van der Waals surface area (Å²) >= 11 is 0. The summed E-state index contributed by atoms with van der Waals surface area (Å²) in [5.41, 5.74) is 9.45. The summed E-state index contributed by atoms with van der Waals surface area (Å²) in [5.74, 6) is 0.0471. The van der Waals surface area contributed by atoms with Crippen molar-refractivity contribution in [3.05, 3.63) is 101 Å². The van der Waals surface area contributed by atoms with Crippen LogP contribution in [-0.2, 0) is 13.5 Å². The van der Waals surface area contributed by atoms with Crippen LogP contribution in [0.2, 0.25) is 0 Å². The summed E-state index contributed by atoms with van der Waals surface area (Å²) in [7, 11) is 1.66. The van der Waals surface area contributed by atoms with E-state index in [0.717, 1.165) is 11.1 Å². The summed E-state index contributed by atoms with van der Waals surface area (Å²) < 4.78 is 14.9. The molecule has 0 spiro atoms. The topological polar surface area (TPSA) is 85.8 Å². The molecule has 6 nitrogen and oxygen atoms in total. The molecule has 0 aliphatic heterocycles. The number of benzene rings is 2. The van der Waals surface area contributed by atoms with Gasteiger partial charge in [-0.05, 0) is 41.8 Å². The van der Waals surface area contributed by atoms with Crippen molar-refractivity contribution in [2.45, 2.75) is 12.5 Å². The van der Waals surface area contributed by atoms with Gasteiger partial charge in [-0.25, -0.2) is 9.37 Å². The fourth-order valence-electron chi connectivity index (χ4n) is 3.57. The first-order chi connectivity index (χ1) is 15.5. The Morgan fingerprint density at radius 3 is 2.38 bits per heavy atom. The zero-order valence-corrected chi connectivity index (χ0v) is 17.7. The molecular formula is C25H24FN5O. The number of halogens is 1. The second-order valence-electron chi connectivity index (χ2n) is 7.60. The van der Waals surface area contributed by atoms with Gasteiger partial charge in [-0.2, -0.15) is 0 Å². The van der Waals surface area contributed by atoms with Crippen LogP contribution in [0.5, 0.6) is 0 Å². The maximum atomic E-state index is 13.5. The van der Waals surface area contributed by atoms with Gasteiger partial charge in [0, 0.05) is 37.6 Å². The lowest BCUT2D eigenvalue weighted by atomic mass is 10.0. The lowest BCUT2D eigenvalue weighted by Crippen LogP contribution is -2.34. The number of anilines is 1. The van der Waals surface area contributed by atoms with Gasteiger partial charge in [0.05, 0.1) is 11.3 Å². The first kappa shape index (κ1) is 21.4. The van der Waals surface area contributed by atoms with Crippen LogP contribution in [-0.4, -0.2) is 27.1 Å². The zero-order chi connectivity index (χ0) is 22.5. The van der Waals surface area contributed by atoms with Crippen molar-refractivity contribution in [1.82, 2.24) is 14.5 Å². The molecule has 2 heterocycles. The van der Waals surface area contributed by atoms with Gasteiger partial charge in [0.1, 0.15) is 5.82 Å². The molecule has 0 aliphatic rings. The standard InChI is InChI=1S/C25H24FN5O/c1-31-24(32)22(18-7-9-20(26)10-8-18)23(19-11-13-28-14-12-19)30-25(31)29-16-21(27)15-17-5-3-2-4-6-17/h2-14,21H,15-16,27H2,1H3,(H,29,30)/t21-/m1/s1. The van der Waals surface area contributed by atoms with E-state index in [1.54, 1.807) is 43.7 Å². The number of rotatable bonds is 7. The third kappa shape index (κ3) is 4.73. The lowest BCUT2D eigenvalue weighted by Gasteiger charge is -2.18. The minimum absolute atomic E-state index is 0.157. The van der Waals surface area contributed by atoms with E-state index in [4.69, 9.17) is 10.7 Å². The summed E-state index contributed by atoms with van der Waals surface area (Å²) in [6, 6.07) is 19.3. The van der Waals surface area contributed by atoms with Crippen molar-refractivity contribution in [1.29, 1.82) is 0 Å². The number of nitrogens with one attached hydrogen (secondary N) is 1. The van der Waals surface area contributed by atoms with Gasteiger partial charge in [-0.3, -0.25) is 14.3 Å². The van der Waals surface area contributed by atoms with E-state index < -0.39 is 0 Å². The van der Waals surface area contributed by atoms with E-state index in [-0.39, 0.29) is 17.4 Å². The molecule has 4 aromatic rings. The Hall–Kier alpha value is -3.84. The Labute approximate surface area is 185 Å². The summed E-state index contributed by atoms with van der Waals surface area (Å²) in [6.45, 7) is 0.445. The molecule has 0 fully saturated rings. The minimum Gasteiger partial charge on any atom is -0.354 e. The van der Waals surface area contributed by atoms with Gasteiger partial charge in [-0.1, -0.05) is 42.5 Å². The average Bonchev–Trinajstić information content (AvgIpc) is 2.82. The molecule has 0 radical (unpaired) electrons. The van der Waals surface area contributed by atoms with Gasteiger partial charge in [0.2, 0.25) is 5.95 Å².